The molecule has 0 saturated carbocycles. The third-order valence-corrected chi connectivity index (χ3v) is 3.26. The average molecular weight is 168 g/mol. The molecule has 2 heteroatoms. The van der Waals surface area contributed by atoms with Gasteiger partial charge in [0.2, 0.25) is 0 Å². The summed E-state index contributed by atoms with van der Waals surface area (Å²) in [5.41, 5.74) is 0.574. The van der Waals surface area contributed by atoms with Crippen LogP contribution < -0.4 is 5.32 Å². The molecule has 2 heterocycles. The monoisotopic (exact) mass is 168 g/mol. The summed E-state index contributed by atoms with van der Waals surface area (Å²) >= 11 is 0. The molecule has 0 spiro atoms. The van der Waals surface area contributed by atoms with Crippen LogP contribution in [0, 0.1) is 5.41 Å². The fourth-order valence-corrected chi connectivity index (χ4v) is 2.48. The molecular formula is C10H20N2. The third kappa shape index (κ3) is 1.80. The Kier molecular flexibility index (Phi) is 2.37. The van der Waals surface area contributed by atoms with Crippen LogP contribution in [0.4, 0.5) is 0 Å². The molecule has 0 aromatic heterocycles. The lowest BCUT2D eigenvalue weighted by molar-refractivity contribution is 0.209. The van der Waals surface area contributed by atoms with E-state index in [1.54, 1.807) is 0 Å². The first-order valence-electron chi connectivity index (χ1n) is 5.22. The van der Waals surface area contributed by atoms with Crippen molar-refractivity contribution < 1.29 is 0 Å². The van der Waals surface area contributed by atoms with Gasteiger partial charge < -0.3 is 10.2 Å². The van der Waals surface area contributed by atoms with E-state index in [4.69, 9.17) is 0 Å². The SMILES string of the molecule is CC1(CN2CCCC2)CCNC1. The minimum atomic E-state index is 0.574. The van der Waals surface area contributed by atoms with E-state index < -0.39 is 0 Å². The van der Waals surface area contributed by atoms with E-state index >= 15 is 0 Å². The van der Waals surface area contributed by atoms with Crippen molar-refractivity contribution in [1.29, 1.82) is 0 Å². The lowest BCUT2D eigenvalue weighted by atomic mass is 9.89. The molecule has 2 saturated heterocycles. The van der Waals surface area contributed by atoms with Gasteiger partial charge in [-0.2, -0.15) is 0 Å². The van der Waals surface area contributed by atoms with Gasteiger partial charge in [0.15, 0.2) is 0 Å². The maximum Gasteiger partial charge on any atom is 0.00480 e. The zero-order valence-electron chi connectivity index (χ0n) is 8.10. The van der Waals surface area contributed by atoms with Gasteiger partial charge in [-0.15, -0.1) is 0 Å². The molecule has 0 aliphatic carbocycles. The molecule has 2 nitrogen and oxygen atoms in total. The van der Waals surface area contributed by atoms with E-state index in [9.17, 15) is 0 Å². The predicted octanol–water partition coefficient (Wildman–Crippen LogP) is 1.08. The summed E-state index contributed by atoms with van der Waals surface area (Å²) in [5, 5.41) is 3.46. The Hall–Kier alpha value is -0.0800. The molecular weight excluding hydrogens is 148 g/mol. The van der Waals surface area contributed by atoms with Gasteiger partial charge in [-0.25, -0.2) is 0 Å². The summed E-state index contributed by atoms with van der Waals surface area (Å²) in [6.07, 6.45) is 4.20. The molecule has 1 atom stereocenters. The second-order valence-electron chi connectivity index (χ2n) is 4.72. The minimum Gasteiger partial charge on any atom is -0.316 e. The lowest BCUT2D eigenvalue weighted by Gasteiger charge is -2.28. The summed E-state index contributed by atoms with van der Waals surface area (Å²) in [7, 11) is 0. The van der Waals surface area contributed by atoms with E-state index in [0.29, 0.717) is 5.41 Å². The zero-order valence-corrected chi connectivity index (χ0v) is 8.10. The van der Waals surface area contributed by atoms with Crippen LogP contribution in [0.3, 0.4) is 0 Å². The van der Waals surface area contributed by atoms with Crippen LogP contribution in [0.15, 0.2) is 0 Å². The third-order valence-electron chi connectivity index (χ3n) is 3.26. The fourth-order valence-electron chi connectivity index (χ4n) is 2.48. The first kappa shape index (κ1) is 8.52. The Morgan fingerprint density at radius 1 is 1.33 bits per heavy atom. The van der Waals surface area contributed by atoms with Gasteiger partial charge in [0.1, 0.15) is 0 Å². The molecule has 12 heavy (non-hydrogen) atoms. The molecule has 2 aliphatic rings. The normalized spacial score (nSPS) is 37.8. The van der Waals surface area contributed by atoms with Crippen molar-refractivity contribution >= 4 is 0 Å². The van der Waals surface area contributed by atoms with Crippen molar-refractivity contribution in [1.82, 2.24) is 10.2 Å². The van der Waals surface area contributed by atoms with E-state index in [1.807, 2.05) is 0 Å². The molecule has 0 radical (unpaired) electrons. The van der Waals surface area contributed by atoms with E-state index in [1.165, 1.54) is 52.0 Å². The standard InChI is InChI=1S/C10H20N2/c1-10(4-5-11-8-10)9-12-6-2-3-7-12/h11H,2-9H2,1H3. The molecule has 0 bridgehead atoms. The Balaban J connectivity index is 1.83. The summed E-state index contributed by atoms with van der Waals surface area (Å²) < 4.78 is 0. The fraction of sp³-hybridized carbons (Fsp3) is 1.00. The maximum atomic E-state index is 3.46. The summed E-state index contributed by atoms with van der Waals surface area (Å²) in [4.78, 5) is 2.63. The highest BCUT2D eigenvalue weighted by molar-refractivity contribution is 4.87. The second kappa shape index (κ2) is 3.35. The Bertz CT molecular complexity index is 144. The molecule has 0 amide bonds. The molecule has 1 unspecified atom stereocenters. The van der Waals surface area contributed by atoms with E-state index in [0.717, 1.165) is 0 Å². The number of nitrogens with one attached hydrogen (secondary N) is 1. The van der Waals surface area contributed by atoms with Gasteiger partial charge in [0.25, 0.3) is 0 Å². The highest BCUT2D eigenvalue weighted by Gasteiger charge is 2.31. The van der Waals surface area contributed by atoms with Gasteiger partial charge in [-0.05, 0) is 44.3 Å². The lowest BCUT2D eigenvalue weighted by Crippen LogP contribution is -2.35. The first-order valence-corrected chi connectivity index (χ1v) is 5.22. The topological polar surface area (TPSA) is 15.3 Å². The Labute approximate surface area is 75.3 Å². The van der Waals surface area contributed by atoms with Gasteiger partial charge in [0, 0.05) is 13.1 Å². The molecule has 0 aromatic carbocycles. The highest BCUT2D eigenvalue weighted by atomic mass is 15.2. The molecule has 2 aliphatic heterocycles. The largest absolute Gasteiger partial charge is 0.316 e. The predicted molar refractivity (Wildman–Crippen MR) is 51.3 cm³/mol. The van der Waals surface area contributed by atoms with Crippen molar-refractivity contribution in [3.63, 3.8) is 0 Å². The van der Waals surface area contributed by atoms with Crippen LogP contribution in [0.1, 0.15) is 26.2 Å². The van der Waals surface area contributed by atoms with Crippen molar-refractivity contribution in [3.05, 3.63) is 0 Å². The Morgan fingerprint density at radius 2 is 2.08 bits per heavy atom. The van der Waals surface area contributed by atoms with Gasteiger partial charge in [0.05, 0.1) is 0 Å². The average Bonchev–Trinajstić information content (AvgIpc) is 2.62. The van der Waals surface area contributed by atoms with E-state index in [2.05, 4.69) is 17.1 Å². The summed E-state index contributed by atoms with van der Waals surface area (Å²) in [5.74, 6) is 0. The van der Waals surface area contributed by atoms with Gasteiger partial charge >= 0.3 is 0 Å². The van der Waals surface area contributed by atoms with Crippen LogP contribution in [0.2, 0.25) is 0 Å². The van der Waals surface area contributed by atoms with Crippen molar-refractivity contribution in [2.24, 2.45) is 5.41 Å². The first-order chi connectivity index (χ1) is 5.79. The van der Waals surface area contributed by atoms with Crippen LogP contribution in [-0.2, 0) is 0 Å². The van der Waals surface area contributed by atoms with Crippen molar-refractivity contribution in [3.8, 4) is 0 Å². The zero-order chi connectivity index (χ0) is 8.44. The number of hydrogen-bond acceptors (Lipinski definition) is 2. The molecule has 70 valence electrons. The van der Waals surface area contributed by atoms with Crippen LogP contribution in [-0.4, -0.2) is 37.6 Å². The minimum absolute atomic E-state index is 0.574. The summed E-state index contributed by atoms with van der Waals surface area (Å²) in [6, 6.07) is 0. The number of rotatable bonds is 2. The molecule has 2 rings (SSSR count). The second-order valence-corrected chi connectivity index (χ2v) is 4.72. The molecule has 1 N–H and O–H groups in total. The number of nitrogens with zero attached hydrogens (tertiary/aromatic N) is 1. The quantitative estimate of drug-likeness (QED) is 0.664. The maximum absolute atomic E-state index is 3.46. The number of likely N-dealkylation sites (tertiary alicyclic amines) is 1. The van der Waals surface area contributed by atoms with Gasteiger partial charge in [-0.1, -0.05) is 6.92 Å². The summed E-state index contributed by atoms with van der Waals surface area (Å²) in [6.45, 7) is 8.88. The van der Waals surface area contributed by atoms with Crippen molar-refractivity contribution in [2.45, 2.75) is 26.2 Å². The van der Waals surface area contributed by atoms with Crippen LogP contribution in [0.5, 0.6) is 0 Å². The van der Waals surface area contributed by atoms with Crippen molar-refractivity contribution in [2.75, 3.05) is 32.7 Å². The number of hydrogen-bond donors (Lipinski definition) is 1. The smallest absolute Gasteiger partial charge is 0.00480 e. The van der Waals surface area contributed by atoms with Crippen LogP contribution in [0.25, 0.3) is 0 Å². The van der Waals surface area contributed by atoms with Gasteiger partial charge in [-0.3, -0.25) is 0 Å². The van der Waals surface area contributed by atoms with Crippen LogP contribution >= 0.6 is 0 Å². The molecule has 0 aromatic rings. The van der Waals surface area contributed by atoms with E-state index in [-0.39, 0.29) is 0 Å². The molecule has 2 fully saturated rings. The Morgan fingerprint density at radius 3 is 2.67 bits per heavy atom. The highest BCUT2D eigenvalue weighted by Crippen LogP contribution is 2.26.